The number of amides is 1. The Balaban J connectivity index is 1.59. The molecule has 0 spiro atoms. The lowest BCUT2D eigenvalue weighted by Crippen LogP contribution is -2.43. The lowest BCUT2D eigenvalue weighted by atomic mass is 10.0. The molecule has 168 valence electrons. The van der Waals surface area contributed by atoms with Gasteiger partial charge in [0, 0.05) is 43.7 Å². The lowest BCUT2D eigenvalue weighted by Gasteiger charge is -2.29. The van der Waals surface area contributed by atoms with Crippen LogP contribution in [0.15, 0.2) is 42.5 Å². The first kappa shape index (κ1) is 22.8. The number of piperazine rings is 1. The SMILES string of the molecule is CS[C@@H]1C[C@@H](C(=O)NCC#N)N(c2cc(-c3ccc(N4CCNCC4)cc3)ccc2Cl)C1. The van der Waals surface area contributed by atoms with E-state index in [9.17, 15) is 4.79 Å². The van der Waals surface area contributed by atoms with Crippen molar-refractivity contribution in [2.75, 3.05) is 55.3 Å². The molecular weight excluding hydrogens is 442 g/mol. The van der Waals surface area contributed by atoms with Crippen LogP contribution in [-0.2, 0) is 4.79 Å². The maximum atomic E-state index is 12.7. The third-order valence-corrected chi connectivity index (χ3v) is 7.51. The van der Waals surface area contributed by atoms with Gasteiger partial charge in [-0.25, -0.2) is 0 Å². The number of thioether (sulfide) groups is 1. The minimum absolute atomic E-state index is 0.0142. The number of hydrogen-bond acceptors (Lipinski definition) is 6. The van der Waals surface area contributed by atoms with E-state index in [1.165, 1.54) is 5.69 Å². The fourth-order valence-electron chi connectivity index (χ4n) is 4.43. The number of rotatable bonds is 6. The molecule has 2 aliphatic rings. The zero-order valence-electron chi connectivity index (χ0n) is 18.2. The maximum absolute atomic E-state index is 12.7. The summed E-state index contributed by atoms with van der Waals surface area (Å²) >= 11 is 8.37. The summed E-state index contributed by atoms with van der Waals surface area (Å²) in [6.07, 6.45) is 2.80. The zero-order chi connectivity index (χ0) is 22.5. The Bertz CT molecular complexity index is 987. The average molecular weight is 470 g/mol. The number of halogens is 1. The summed E-state index contributed by atoms with van der Waals surface area (Å²) < 4.78 is 0. The fraction of sp³-hybridized carbons (Fsp3) is 0.417. The highest BCUT2D eigenvalue weighted by Crippen LogP contribution is 2.38. The first-order chi connectivity index (χ1) is 15.6. The number of hydrogen-bond donors (Lipinski definition) is 2. The predicted molar refractivity (Wildman–Crippen MR) is 134 cm³/mol. The van der Waals surface area contributed by atoms with Crippen molar-refractivity contribution >= 4 is 40.6 Å². The molecule has 0 aliphatic carbocycles. The maximum Gasteiger partial charge on any atom is 0.243 e. The van der Waals surface area contributed by atoms with Gasteiger partial charge in [-0.1, -0.05) is 29.8 Å². The number of nitrogens with zero attached hydrogens (tertiary/aromatic N) is 3. The van der Waals surface area contributed by atoms with Gasteiger partial charge in [-0.2, -0.15) is 17.0 Å². The van der Waals surface area contributed by atoms with Crippen molar-refractivity contribution in [1.82, 2.24) is 10.6 Å². The second-order valence-electron chi connectivity index (χ2n) is 8.09. The van der Waals surface area contributed by atoms with Crippen LogP contribution in [0, 0.1) is 11.3 Å². The van der Waals surface area contributed by atoms with Gasteiger partial charge >= 0.3 is 0 Å². The van der Waals surface area contributed by atoms with Crippen molar-refractivity contribution in [2.45, 2.75) is 17.7 Å². The van der Waals surface area contributed by atoms with Crippen LogP contribution in [0.3, 0.4) is 0 Å². The predicted octanol–water partition coefficient (Wildman–Crippen LogP) is 3.37. The molecule has 2 aliphatic heterocycles. The van der Waals surface area contributed by atoms with Crippen LogP contribution in [0.1, 0.15) is 6.42 Å². The minimum Gasteiger partial charge on any atom is -0.369 e. The standard InChI is InChI=1S/C24H28ClN5OS/c1-32-20-15-23(24(31)28-9-8-26)30(16-20)22-14-18(4-7-21(22)25)17-2-5-19(6-3-17)29-12-10-27-11-13-29/h2-7,14,20,23,27H,9-13,15-16H2,1H3,(H,28,31)/t20-,23+/m1/s1. The van der Waals surface area contributed by atoms with E-state index in [4.69, 9.17) is 16.9 Å². The molecule has 32 heavy (non-hydrogen) atoms. The van der Waals surface area contributed by atoms with Gasteiger partial charge < -0.3 is 20.4 Å². The van der Waals surface area contributed by atoms with Gasteiger partial charge in [-0.15, -0.1) is 0 Å². The van der Waals surface area contributed by atoms with Crippen LogP contribution in [0.25, 0.3) is 11.1 Å². The van der Waals surface area contributed by atoms with E-state index in [-0.39, 0.29) is 18.5 Å². The van der Waals surface area contributed by atoms with Gasteiger partial charge in [-0.3, -0.25) is 4.79 Å². The monoisotopic (exact) mass is 469 g/mol. The van der Waals surface area contributed by atoms with E-state index < -0.39 is 0 Å². The molecule has 0 radical (unpaired) electrons. The van der Waals surface area contributed by atoms with Crippen LogP contribution in [0.4, 0.5) is 11.4 Å². The molecule has 1 amide bonds. The molecule has 0 unspecified atom stereocenters. The number of nitriles is 1. The Kier molecular flexibility index (Phi) is 7.46. The largest absolute Gasteiger partial charge is 0.369 e. The van der Waals surface area contributed by atoms with E-state index in [0.29, 0.717) is 10.3 Å². The Labute approximate surface area is 198 Å². The van der Waals surface area contributed by atoms with Crippen molar-refractivity contribution in [1.29, 1.82) is 5.26 Å². The van der Waals surface area contributed by atoms with Gasteiger partial charge in [-0.05, 0) is 48.1 Å². The van der Waals surface area contributed by atoms with E-state index in [0.717, 1.165) is 56.0 Å². The highest BCUT2D eigenvalue weighted by molar-refractivity contribution is 7.99. The van der Waals surface area contributed by atoms with Crippen molar-refractivity contribution in [2.24, 2.45) is 0 Å². The highest BCUT2D eigenvalue weighted by atomic mass is 35.5. The average Bonchev–Trinajstić information content (AvgIpc) is 3.28. The molecule has 0 bridgehead atoms. The second kappa shape index (κ2) is 10.5. The summed E-state index contributed by atoms with van der Waals surface area (Å²) in [5, 5.41) is 15.9. The number of carbonyl (C=O) groups is 1. The normalized spacial score (nSPS) is 20.8. The van der Waals surface area contributed by atoms with E-state index in [1.807, 2.05) is 18.2 Å². The molecule has 2 N–H and O–H groups in total. The van der Waals surface area contributed by atoms with Crippen LogP contribution >= 0.6 is 23.4 Å². The Hall–Kier alpha value is -2.40. The van der Waals surface area contributed by atoms with Crippen LogP contribution in [0.2, 0.25) is 5.02 Å². The van der Waals surface area contributed by atoms with Crippen LogP contribution in [0.5, 0.6) is 0 Å². The van der Waals surface area contributed by atoms with Gasteiger partial charge in [0.1, 0.15) is 12.6 Å². The van der Waals surface area contributed by atoms with E-state index >= 15 is 0 Å². The number of benzene rings is 2. The van der Waals surface area contributed by atoms with Gasteiger partial charge in [0.05, 0.1) is 16.8 Å². The summed E-state index contributed by atoms with van der Waals surface area (Å²) in [6, 6.07) is 16.3. The van der Waals surface area contributed by atoms with Gasteiger partial charge in [0.2, 0.25) is 5.91 Å². The van der Waals surface area contributed by atoms with Crippen molar-refractivity contribution in [3.05, 3.63) is 47.5 Å². The first-order valence-electron chi connectivity index (χ1n) is 10.9. The van der Waals surface area contributed by atoms with Crippen molar-refractivity contribution in [3.63, 3.8) is 0 Å². The first-order valence-corrected chi connectivity index (χ1v) is 12.6. The zero-order valence-corrected chi connectivity index (χ0v) is 19.8. The third kappa shape index (κ3) is 4.98. The van der Waals surface area contributed by atoms with E-state index in [2.05, 4.69) is 57.0 Å². The van der Waals surface area contributed by atoms with Gasteiger partial charge in [0.15, 0.2) is 0 Å². The van der Waals surface area contributed by atoms with Crippen molar-refractivity contribution in [3.8, 4) is 17.2 Å². The Morgan fingerprint density at radius 1 is 1.22 bits per heavy atom. The van der Waals surface area contributed by atoms with Crippen LogP contribution < -0.4 is 20.4 Å². The number of anilines is 2. The summed E-state index contributed by atoms with van der Waals surface area (Å²) in [6.45, 7) is 4.82. The molecule has 2 aromatic rings. The quantitative estimate of drug-likeness (QED) is 0.632. The molecule has 2 aromatic carbocycles. The smallest absolute Gasteiger partial charge is 0.243 e. The molecule has 2 atom stereocenters. The molecule has 2 saturated heterocycles. The van der Waals surface area contributed by atoms with Crippen molar-refractivity contribution < 1.29 is 4.79 Å². The molecular formula is C24H28ClN5OS. The minimum atomic E-state index is -0.330. The summed E-state index contributed by atoms with van der Waals surface area (Å²) in [4.78, 5) is 17.2. The topological polar surface area (TPSA) is 71.4 Å². The molecule has 6 nitrogen and oxygen atoms in total. The lowest BCUT2D eigenvalue weighted by molar-refractivity contribution is -0.121. The number of nitrogens with one attached hydrogen (secondary N) is 2. The molecule has 0 saturated carbocycles. The molecule has 4 rings (SSSR count). The summed E-state index contributed by atoms with van der Waals surface area (Å²) in [7, 11) is 0. The van der Waals surface area contributed by atoms with E-state index in [1.54, 1.807) is 11.8 Å². The molecule has 8 heteroatoms. The number of carbonyl (C=O) groups excluding carboxylic acids is 1. The third-order valence-electron chi connectivity index (χ3n) is 6.18. The Morgan fingerprint density at radius 2 is 1.94 bits per heavy atom. The Morgan fingerprint density at radius 3 is 2.62 bits per heavy atom. The highest BCUT2D eigenvalue weighted by Gasteiger charge is 2.37. The molecule has 2 heterocycles. The van der Waals surface area contributed by atoms with Gasteiger partial charge in [0.25, 0.3) is 0 Å². The second-order valence-corrected chi connectivity index (χ2v) is 9.63. The summed E-state index contributed by atoms with van der Waals surface area (Å²) in [5.41, 5.74) is 4.29. The molecule has 0 aromatic heterocycles. The molecule has 2 fully saturated rings. The van der Waals surface area contributed by atoms with Crippen LogP contribution in [-0.4, -0.2) is 62.7 Å². The summed E-state index contributed by atoms with van der Waals surface area (Å²) in [5.74, 6) is -0.120. The fourth-order valence-corrected chi connectivity index (χ4v) is 5.34.